The van der Waals surface area contributed by atoms with Gasteiger partial charge >= 0.3 is 0 Å². The standard InChI is InChI=1S/C5H7N3O2/c1-3-2-4(9)7-5(6)8(3)10/h2,10H,1H3,(H2,6,7,9). The van der Waals surface area contributed by atoms with Crippen molar-refractivity contribution >= 4 is 5.95 Å². The Balaban J connectivity index is 3.46. The number of hydrogen-bond donors (Lipinski definition) is 2. The summed E-state index contributed by atoms with van der Waals surface area (Å²) in [5.41, 5.74) is 5.05. The number of nitrogen functional groups attached to an aromatic ring is 1. The predicted molar refractivity (Wildman–Crippen MR) is 34.8 cm³/mol. The van der Waals surface area contributed by atoms with Crippen molar-refractivity contribution in [1.29, 1.82) is 0 Å². The zero-order valence-electron chi connectivity index (χ0n) is 5.40. The first kappa shape index (κ1) is 6.60. The number of aromatic nitrogens is 2. The number of hydrogen-bond acceptors (Lipinski definition) is 4. The molecule has 54 valence electrons. The highest BCUT2D eigenvalue weighted by Crippen LogP contribution is 1.94. The first-order valence-electron chi connectivity index (χ1n) is 2.66. The van der Waals surface area contributed by atoms with Crippen LogP contribution in [0.3, 0.4) is 0 Å². The summed E-state index contributed by atoms with van der Waals surface area (Å²) < 4.78 is 0.654. The number of rotatable bonds is 0. The first-order valence-corrected chi connectivity index (χ1v) is 2.66. The van der Waals surface area contributed by atoms with Crippen LogP contribution in [-0.4, -0.2) is 14.9 Å². The Bertz CT molecular complexity index is 278. The average molecular weight is 141 g/mol. The van der Waals surface area contributed by atoms with Crippen LogP contribution in [0.4, 0.5) is 5.95 Å². The van der Waals surface area contributed by atoms with E-state index in [1.54, 1.807) is 6.92 Å². The Kier molecular flexibility index (Phi) is 1.33. The van der Waals surface area contributed by atoms with E-state index in [2.05, 4.69) is 4.98 Å². The molecule has 0 amide bonds. The van der Waals surface area contributed by atoms with Crippen LogP contribution in [-0.2, 0) is 0 Å². The van der Waals surface area contributed by atoms with Gasteiger partial charge in [0.15, 0.2) is 0 Å². The number of aryl methyl sites for hydroxylation is 1. The molecule has 1 heterocycles. The van der Waals surface area contributed by atoms with Crippen molar-refractivity contribution in [2.24, 2.45) is 0 Å². The zero-order valence-corrected chi connectivity index (χ0v) is 5.40. The van der Waals surface area contributed by atoms with Crippen LogP contribution in [0, 0.1) is 6.92 Å². The molecule has 0 spiro atoms. The summed E-state index contributed by atoms with van der Waals surface area (Å²) in [5.74, 6) is -0.190. The molecular formula is C5H7N3O2. The van der Waals surface area contributed by atoms with Crippen LogP contribution in [0.25, 0.3) is 0 Å². The molecule has 0 aliphatic heterocycles. The lowest BCUT2D eigenvalue weighted by molar-refractivity contribution is 0.180. The monoisotopic (exact) mass is 141 g/mol. The van der Waals surface area contributed by atoms with Crippen molar-refractivity contribution in [3.8, 4) is 0 Å². The molecule has 0 saturated heterocycles. The molecule has 5 nitrogen and oxygen atoms in total. The van der Waals surface area contributed by atoms with Crippen LogP contribution in [0.15, 0.2) is 10.9 Å². The number of nitrogens with two attached hydrogens (primary N) is 1. The zero-order chi connectivity index (χ0) is 7.72. The van der Waals surface area contributed by atoms with E-state index >= 15 is 0 Å². The maximum Gasteiger partial charge on any atom is 0.274 e. The highest BCUT2D eigenvalue weighted by molar-refractivity contribution is 5.18. The second-order valence-corrected chi connectivity index (χ2v) is 1.91. The average Bonchev–Trinajstić information content (AvgIpc) is 1.82. The quantitative estimate of drug-likeness (QED) is 0.471. The molecule has 0 bridgehead atoms. The van der Waals surface area contributed by atoms with Gasteiger partial charge in [-0.1, -0.05) is 0 Å². The third kappa shape index (κ3) is 0.928. The van der Waals surface area contributed by atoms with Crippen LogP contribution in [0.5, 0.6) is 0 Å². The number of nitrogens with zero attached hydrogens (tertiary/aromatic N) is 2. The summed E-state index contributed by atoms with van der Waals surface area (Å²) in [5, 5.41) is 8.92. The molecule has 10 heavy (non-hydrogen) atoms. The van der Waals surface area contributed by atoms with Gasteiger partial charge in [-0.15, -0.1) is 0 Å². The SMILES string of the molecule is Cc1cc(=O)nc(N)n1O. The predicted octanol–water partition coefficient (Wildman–Crippen LogP) is -0.629. The molecule has 5 heteroatoms. The lowest BCUT2D eigenvalue weighted by atomic mass is 10.4. The Morgan fingerprint density at radius 3 is 2.90 bits per heavy atom. The van der Waals surface area contributed by atoms with Gasteiger partial charge in [-0.25, -0.2) is 0 Å². The van der Waals surface area contributed by atoms with Gasteiger partial charge in [0.2, 0.25) is 5.95 Å². The second-order valence-electron chi connectivity index (χ2n) is 1.91. The molecule has 0 unspecified atom stereocenters. The summed E-state index contributed by atoms with van der Waals surface area (Å²) in [4.78, 5) is 13.8. The highest BCUT2D eigenvalue weighted by Gasteiger charge is 1.98. The highest BCUT2D eigenvalue weighted by atomic mass is 16.5. The minimum absolute atomic E-state index is 0.190. The van der Waals surface area contributed by atoms with Crippen molar-refractivity contribution in [3.63, 3.8) is 0 Å². The molecule has 1 rings (SSSR count). The van der Waals surface area contributed by atoms with Crippen molar-refractivity contribution in [2.45, 2.75) is 6.92 Å². The molecule has 0 saturated carbocycles. The molecule has 0 radical (unpaired) electrons. The minimum atomic E-state index is -0.444. The van der Waals surface area contributed by atoms with Gasteiger partial charge in [-0.05, 0) is 6.92 Å². The maximum absolute atomic E-state index is 10.5. The molecule has 1 aromatic heterocycles. The Morgan fingerprint density at radius 2 is 2.40 bits per heavy atom. The number of anilines is 1. The molecule has 0 atom stereocenters. The topological polar surface area (TPSA) is 81.1 Å². The van der Waals surface area contributed by atoms with Crippen LogP contribution < -0.4 is 11.3 Å². The maximum atomic E-state index is 10.5. The van der Waals surface area contributed by atoms with E-state index in [4.69, 9.17) is 10.9 Å². The lowest BCUT2D eigenvalue weighted by Gasteiger charge is -2.01. The van der Waals surface area contributed by atoms with Gasteiger partial charge in [0.05, 0.1) is 5.69 Å². The molecule has 0 fully saturated rings. The van der Waals surface area contributed by atoms with Gasteiger partial charge in [-0.2, -0.15) is 9.71 Å². The first-order chi connectivity index (χ1) is 4.61. The molecule has 0 aliphatic rings. The second kappa shape index (κ2) is 2.02. The molecule has 3 N–H and O–H groups in total. The van der Waals surface area contributed by atoms with Crippen LogP contribution in [0.2, 0.25) is 0 Å². The van der Waals surface area contributed by atoms with Gasteiger partial charge in [0.1, 0.15) is 0 Å². The Labute approximate surface area is 56.7 Å². The summed E-state index contributed by atoms with van der Waals surface area (Å²) in [6.07, 6.45) is 0. The van der Waals surface area contributed by atoms with E-state index in [0.717, 1.165) is 0 Å². The van der Waals surface area contributed by atoms with Gasteiger partial charge in [0.25, 0.3) is 5.56 Å². The van der Waals surface area contributed by atoms with Gasteiger partial charge in [-0.3, -0.25) is 4.79 Å². The van der Waals surface area contributed by atoms with Gasteiger partial charge in [0, 0.05) is 6.07 Å². The summed E-state index contributed by atoms with van der Waals surface area (Å²) in [6.45, 7) is 1.56. The summed E-state index contributed by atoms with van der Waals surface area (Å²) in [6, 6.07) is 1.19. The fourth-order valence-corrected chi connectivity index (χ4v) is 0.613. The third-order valence-corrected chi connectivity index (χ3v) is 1.11. The fraction of sp³-hybridized carbons (Fsp3) is 0.200. The molecular weight excluding hydrogens is 134 g/mol. The van der Waals surface area contributed by atoms with E-state index in [9.17, 15) is 4.79 Å². The normalized spacial score (nSPS) is 9.70. The Hall–Kier alpha value is -1.52. The largest absolute Gasteiger partial charge is 0.425 e. The molecule has 0 aromatic carbocycles. The van der Waals surface area contributed by atoms with E-state index in [1.165, 1.54) is 6.07 Å². The molecule has 1 aromatic rings. The van der Waals surface area contributed by atoms with E-state index in [-0.39, 0.29) is 5.95 Å². The van der Waals surface area contributed by atoms with Crippen molar-refractivity contribution < 1.29 is 5.21 Å². The lowest BCUT2D eigenvalue weighted by Crippen LogP contribution is -2.16. The third-order valence-electron chi connectivity index (χ3n) is 1.11. The van der Waals surface area contributed by atoms with E-state index < -0.39 is 5.56 Å². The summed E-state index contributed by atoms with van der Waals surface area (Å²) in [7, 11) is 0. The van der Waals surface area contributed by atoms with Crippen molar-refractivity contribution in [2.75, 3.05) is 5.73 Å². The van der Waals surface area contributed by atoms with Crippen LogP contribution in [0.1, 0.15) is 5.69 Å². The van der Waals surface area contributed by atoms with Gasteiger partial charge < -0.3 is 10.9 Å². The Morgan fingerprint density at radius 1 is 1.80 bits per heavy atom. The fourth-order valence-electron chi connectivity index (χ4n) is 0.613. The smallest absolute Gasteiger partial charge is 0.274 e. The van der Waals surface area contributed by atoms with E-state index in [1.807, 2.05) is 0 Å². The molecule has 0 aliphatic carbocycles. The van der Waals surface area contributed by atoms with Crippen molar-refractivity contribution in [1.82, 2.24) is 9.71 Å². The van der Waals surface area contributed by atoms with Crippen LogP contribution >= 0.6 is 0 Å². The summed E-state index contributed by atoms with van der Waals surface area (Å²) >= 11 is 0. The minimum Gasteiger partial charge on any atom is -0.425 e. The van der Waals surface area contributed by atoms with Crippen molar-refractivity contribution in [3.05, 3.63) is 22.1 Å². The van der Waals surface area contributed by atoms with E-state index in [0.29, 0.717) is 10.4 Å².